The minimum absolute atomic E-state index is 0.189. The fraction of sp³-hybridized carbons (Fsp3) is 0.235. The zero-order valence-corrected chi connectivity index (χ0v) is 12.3. The number of benzene rings is 2. The monoisotopic (exact) mass is 307 g/mol. The molecule has 0 bridgehead atoms. The third-order valence-corrected chi connectivity index (χ3v) is 3.35. The Kier molecular flexibility index (Phi) is 4.54. The lowest BCUT2D eigenvalue weighted by molar-refractivity contribution is -0.137. The van der Waals surface area contributed by atoms with E-state index < -0.39 is 11.7 Å². The molecule has 0 saturated carbocycles. The van der Waals surface area contributed by atoms with E-state index in [1.165, 1.54) is 12.1 Å². The molecule has 0 aliphatic rings. The van der Waals surface area contributed by atoms with E-state index in [2.05, 4.69) is 5.32 Å². The predicted molar refractivity (Wildman–Crippen MR) is 79.7 cm³/mol. The van der Waals surface area contributed by atoms with E-state index in [1.54, 1.807) is 0 Å². The average molecular weight is 307 g/mol. The minimum atomic E-state index is -4.37. The summed E-state index contributed by atoms with van der Waals surface area (Å²) in [4.78, 5) is 12.0. The van der Waals surface area contributed by atoms with Gasteiger partial charge in [0.1, 0.15) is 0 Å². The van der Waals surface area contributed by atoms with Crippen LogP contribution in [-0.4, -0.2) is 5.91 Å². The maximum absolute atomic E-state index is 12.5. The van der Waals surface area contributed by atoms with Crippen LogP contribution in [0.1, 0.15) is 22.3 Å². The molecule has 0 spiro atoms. The number of carbonyl (C=O) groups excluding carboxylic acids is 1. The number of aryl methyl sites for hydroxylation is 2. The normalized spacial score (nSPS) is 11.3. The van der Waals surface area contributed by atoms with E-state index in [9.17, 15) is 18.0 Å². The molecule has 5 heteroatoms. The molecule has 116 valence electrons. The molecular weight excluding hydrogens is 291 g/mol. The van der Waals surface area contributed by atoms with Gasteiger partial charge in [-0.15, -0.1) is 0 Å². The van der Waals surface area contributed by atoms with Crippen LogP contribution in [0.2, 0.25) is 0 Å². The number of alkyl halides is 3. The fourth-order valence-electron chi connectivity index (χ4n) is 2.11. The van der Waals surface area contributed by atoms with Gasteiger partial charge >= 0.3 is 6.18 Å². The number of nitrogens with one attached hydrogen (secondary N) is 1. The highest BCUT2D eigenvalue weighted by molar-refractivity contribution is 5.92. The van der Waals surface area contributed by atoms with Crippen molar-refractivity contribution < 1.29 is 18.0 Å². The molecular formula is C17H16F3NO. The Labute approximate surface area is 127 Å². The lowest BCUT2D eigenvalue weighted by atomic mass is 10.0. The Morgan fingerprint density at radius 3 is 2.27 bits per heavy atom. The van der Waals surface area contributed by atoms with Gasteiger partial charge in [-0.3, -0.25) is 4.79 Å². The van der Waals surface area contributed by atoms with Crippen molar-refractivity contribution in [1.82, 2.24) is 0 Å². The lowest BCUT2D eigenvalue weighted by Gasteiger charge is -2.10. The third-order valence-electron chi connectivity index (χ3n) is 3.35. The maximum atomic E-state index is 12.5. The van der Waals surface area contributed by atoms with Crippen LogP contribution in [0.5, 0.6) is 0 Å². The first kappa shape index (κ1) is 16.1. The first-order chi connectivity index (χ1) is 10.3. The number of anilines is 1. The summed E-state index contributed by atoms with van der Waals surface area (Å²) >= 11 is 0. The van der Waals surface area contributed by atoms with Gasteiger partial charge in [-0.1, -0.05) is 23.8 Å². The molecule has 2 rings (SSSR count). The van der Waals surface area contributed by atoms with E-state index in [1.807, 2.05) is 32.0 Å². The molecule has 0 aliphatic heterocycles. The Bertz CT molecular complexity index is 675. The van der Waals surface area contributed by atoms with Crippen LogP contribution in [0.4, 0.5) is 18.9 Å². The van der Waals surface area contributed by atoms with Gasteiger partial charge in [-0.2, -0.15) is 13.2 Å². The van der Waals surface area contributed by atoms with Gasteiger partial charge < -0.3 is 5.32 Å². The number of carbonyl (C=O) groups is 1. The van der Waals surface area contributed by atoms with Gasteiger partial charge in [0.15, 0.2) is 0 Å². The van der Waals surface area contributed by atoms with Crippen LogP contribution >= 0.6 is 0 Å². The Morgan fingerprint density at radius 1 is 1.05 bits per heavy atom. The van der Waals surface area contributed by atoms with Crippen LogP contribution in [-0.2, 0) is 17.4 Å². The van der Waals surface area contributed by atoms with Crippen molar-refractivity contribution in [3.05, 3.63) is 64.7 Å². The first-order valence-electron chi connectivity index (χ1n) is 6.79. The van der Waals surface area contributed by atoms with E-state index >= 15 is 0 Å². The zero-order chi connectivity index (χ0) is 16.3. The molecule has 1 N–H and O–H groups in total. The second-order valence-corrected chi connectivity index (χ2v) is 5.23. The van der Waals surface area contributed by atoms with E-state index in [0.29, 0.717) is 5.69 Å². The molecule has 0 fully saturated rings. The van der Waals surface area contributed by atoms with Crippen molar-refractivity contribution in [3.8, 4) is 0 Å². The first-order valence-corrected chi connectivity index (χ1v) is 6.79. The number of rotatable bonds is 3. The van der Waals surface area contributed by atoms with Gasteiger partial charge in [-0.25, -0.2) is 0 Å². The summed E-state index contributed by atoms with van der Waals surface area (Å²) in [5.74, 6) is -0.256. The molecule has 1 amide bonds. The highest BCUT2D eigenvalue weighted by Gasteiger charge is 2.29. The van der Waals surface area contributed by atoms with Crippen LogP contribution in [0.15, 0.2) is 42.5 Å². The summed E-state index contributed by atoms with van der Waals surface area (Å²) in [7, 11) is 0. The van der Waals surface area contributed by atoms with E-state index in [4.69, 9.17) is 0 Å². The topological polar surface area (TPSA) is 29.1 Å². The molecule has 0 heterocycles. The minimum Gasteiger partial charge on any atom is -0.326 e. The summed E-state index contributed by atoms with van der Waals surface area (Å²) in [6.45, 7) is 3.86. The quantitative estimate of drug-likeness (QED) is 0.888. The Balaban J connectivity index is 2.04. The highest BCUT2D eigenvalue weighted by Crippen LogP contribution is 2.29. The average Bonchev–Trinajstić information content (AvgIpc) is 2.42. The lowest BCUT2D eigenvalue weighted by Crippen LogP contribution is -2.15. The van der Waals surface area contributed by atoms with Crippen LogP contribution in [0.3, 0.4) is 0 Å². The highest BCUT2D eigenvalue weighted by atomic mass is 19.4. The number of hydrogen-bond acceptors (Lipinski definition) is 1. The number of hydrogen-bond donors (Lipinski definition) is 1. The van der Waals surface area contributed by atoms with E-state index in [0.717, 1.165) is 28.8 Å². The van der Waals surface area contributed by atoms with Crippen molar-refractivity contribution in [2.75, 3.05) is 5.32 Å². The zero-order valence-electron chi connectivity index (χ0n) is 12.3. The molecule has 0 unspecified atom stereocenters. The van der Waals surface area contributed by atoms with E-state index in [-0.39, 0.29) is 12.3 Å². The molecule has 0 aromatic heterocycles. The summed E-state index contributed by atoms with van der Waals surface area (Å²) in [6, 6.07) is 10.2. The van der Waals surface area contributed by atoms with Crippen molar-refractivity contribution in [2.24, 2.45) is 0 Å². The summed E-state index contributed by atoms with van der Waals surface area (Å²) in [6.07, 6.45) is -4.18. The van der Waals surface area contributed by atoms with Crippen LogP contribution in [0.25, 0.3) is 0 Å². The van der Waals surface area contributed by atoms with Gasteiger partial charge in [0.2, 0.25) is 5.91 Å². The Morgan fingerprint density at radius 2 is 1.68 bits per heavy atom. The van der Waals surface area contributed by atoms with Crippen molar-refractivity contribution in [2.45, 2.75) is 26.4 Å². The van der Waals surface area contributed by atoms with Gasteiger partial charge in [0, 0.05) is 5.69 Å². The van der Waals surface area contributed by atoms with Crippen molar-refractivity contribution >= 4 is 11.6 Å². The molecule has 0 atom stereocenters. The summed E-state index contributed by atoms with van der Waals surface area (Å²) < 4.78 is 37.4. The molecule has 22 heavy (non-hydrogen) atoms. The third kappa shape index (κ3) is 4.10. The second kappa shape index (κ2) is 6.22. The fourth-order valence-corrected chi connectivity index (χ4v) is 2.11. The van der Waals surface area contributed by atoms with Gasteiger partial charge in [0.05, 0.1) is 12.0 Å². The van der Waals surface area contributed by atoms with Gasteiger partial charge in [0.25, 0.3) is 0 Å². The largest absolute Gasteiger partial charge is 0.416 e. The maximum Gasteiger partial charge on any atom is 0.416 e. The van der Waals surface area contributed by atoms with Crippen LogP contribution in [0, 0.1) is 13.8 Å². The molecule has 2 aromatic rings. The van der Waals surface area contributed by atoms with Crippen molar-refractivity contribution in [3.63, 3.8) is 0 Å². The van der Waals surface area contributed by atoms with Crippen molar-refractivity contribution in [1.29, 1.82) is 0 Å². The molecule has 0 saturated heterocycles. The SMILES string of the molecule is Cc1ccc(C)c(CC(=O)Nc2ccc(C(F)(F)F)cc2)c1. The standard InChI is InChI=1S/C17H16F3NO/c1-11-3-4-12(2)13(9-11)10-16(22)21-15-7-5-14(6-8-15)17(18,19)20/h3-9H,10H2,1-2H3,(H,21,22). The van der Waals surface area contributed by atoms with Crippen LogP contribution < -0.4 is 5.32 Å². The molecule has 2 nitrogen and oxygen atoms in total. The molecule has 0 aliphatic carbocycles. The summed E-state index contributed by atoms with van der Waals surface area (Å²) in [5, 5.41) is 2.61. The second-order valence-electron chi connectivity index (χ2n) is 5.23. The number of amides is 1. The van der Waals surface area contributed by atoms with Gasteiger partial charge in [-0.05, 0) is 49.2 Å². The summed E-state index contributed by atoms with van der Waals surface area (Å²) in [5.41, 5.74) is 2.59. The molecule has 0 radical (unpaired) electrons. The predicted octanol–water partition coefficient (Wildman–Crippen LogP) is 4.50. The molecule has 2 aromatic carbocycles. The Hall–Kier alpha value is -2.30. The smallest absolute Gasteiger partial charge is 0.326 e. The number of halogens is 3.